The minimum atomic E-state index is -0.998. The van der Waals surface area contributed by atoms with E-state index in [-0.39, 0.29) is 12.1 Å². The van der Waals surface area contributed by atoms with Gasteiger partial charge in [-0.3, -0.25) is 0 Å². The molecule has 1 fully saturated rings. The Morgan fingerprint density at radius 1 is 1.22 bits per heavy atom. The van der Waals surface area contributed by atoms with Gasteiger partial charge >= 0.3 is 0 Å². The largest absolute Gasteiger partial charge is 0.387 e. The summed E-state index contributed by atoms with van der Waals surface area (Å²) in [6.45, 7) is 0.269. The molecule has 4 heteroatoms. The van der Waals surface area contributed by atoms with Crippen LogP contribution in [0.15, 0.2) is 18.2 Å². The molecule has 1 unspecified atom stereocenters. The van der Waals surface area contributed by atoms with Crippen LogP contribution in [0.1, 0.15) is 43.8 Å². The number of rotatable bonds is 4. The smallest absolute Gasteiger partial charge is 0.129 e. The van der Waals surface area contributed by atoms with Gasteiger partial charge in [0.05, 0.1) is 6.10 Å². The van der Waals surface area contributed by atoms with Crippen molar-refractivity contribution < 1.29 is 13.9 Å². The van der Waals surface area contributed by atoms with Crippen LogP contribution in [0, 0.1) is 11.6 Å². The first-order chi connectivity index (χ1) is 8.66. The van der Waals surface area contributed by atoms with Gasteiger partial charge in [-0.05, 0) is 31.0 Å². The van der Waals surface area contributed by atoms with Crippen LogP contribution >= 0.6 is 0 Å². The quantitative estimate of drug-likeness (QED) is 0.867. The molecule has 0 heterocycles. The van der Waals surface area contributed by atoms with Crippen LogP contribution in [-0.4, -0.2) is 17.7 Å². The van der Waals surface area contributed by atoms with E-state index in [1.807, 2.05) is 0 Å². The van der Waals surface area contributed by atoms with Crippen molar-refractivity contribution in [1.29, 1.82) is 0 Å². The Labute approximate surface area is 106 Å². The Morgan fingerprint density at radius 3 is 2.67 bits per heavy atom. The topological polar surface area (TPSA) is 32.3 Å². The second-order valence-electron chi connectivity index (χ2n) is 4.92. The summed E-state index contributed by atoms with van der Waals surface area (Å²) in [7, 11) is 0. The van der Waals surface area contributed by atoms with Crippen LogP contribution < -0.4 is 5.32 Å². The molecule has 1 aliphatic rings. The molecule has 1 saturated carbocycles. The third-order valence-electron chi connectivity index (χ3n) is 3.52. The van der Waals surface area contributed by atoms with Crippen molar-refractivity contribution in [3.8, 4) is 0 Å². The molecule has 2 nitrogen and oxygen atoms in total. The van der Waals surface area contributed by atoms with Gasteiger partial charge in [-0.25, -0.2) is 8.78 Å². The molecule has 1 atom stereocenters. The third-order valence-corrected chi connectivity index (χ3v) is 3.52. The lowest BCUT2D eigenvalue weighted by atomic mass is 9.95. The van der Waals surface area contributed by atoms with Crippen LogP contribution in [0.4, 0.5) is 8.78 Å². The average Bonchev–Trinajstić information content (AvgIpc) is 2.40. The zero-order valence-corrected chi connectivity index (χ0v) is 10.3. The summed E-state index contributed by atoms with van der Waals surface area (Å²) in [5, 5.41) is 13.1. The minimum Gasteiger partial charge on any atom is -0.387 e. The Balaban J connectivity index is 1.90. The van der Waals surface area contributed by atoms with E-state index < -0.39 is 17.7 Å². The molecule has 0 bridgehead atoms. The molecule has 0 saturated heterocycles. The van der Waals surface area contributed by atoms with Crippen LogP contribution in [0.25, 0.3) is 0 Å². The predicted molar refractivity (Wildman–Crippen MR) is 66.2 cm³/mol. The van der Waals surface area contributed by atoms with E-state index in [2.05, 4.69) is 5.32 Å². The lowest BCUT2D eigenvalue weighted by Gasteiger charge is -2.24. The molecular formula is C14H19F2NO. The zero-order valence-electron chi connectivity index (χ0n) is 10.3. The van der Waals surface area contributed by atoms with Crippen molar-refractivity contribution in [2.24, 2.45) is 0 Å². The molecule has 0 aromatic heterocycles. The maximum absolute atomic E-state index is 13.4. The maximum Gasteiger partial charge on any atom is 0.129 e. The molecule has 18 heavy (non-hydrogen) atoms. The number of benzene rings is 1. The first-order valence-corrected chi connectivity index (χ1v) is 6.53. The van der Waals surface area contributed by atoms with Crippen molar-refractivity contribution in [1.82, 2.24) is 5.32 Å². The average molecular weight is 255 g/mol. The molecule has 1 aromatic carbocycles. The predicted octanol–water partition coefficient (Wildman–Crippen LogP) is 2.92. The molecule has 1 aliphatic carbocycles. The van der Waals surface area contributed by atoms with E-state index >= 15 is 0 Å². The molecule has 2 rings (SSSR count). The summed E-state index contributed by atoms with van der Waals surface area (Å²) in [4.78, 5) is 0. The van der Waals surface area contributed by atoms with Crippen molar-refractivity contribution in [2.75, 3.05) is 6.54 Å². The van der Waals surface area contributed by atoms with Gasteiger partial charge in [0.25, 0.3) is 0 Å². The lowest BCUT2D eigenvalue weighted by Crippen LogP contribution is -2.34. The van der Waals surface area contributed by atoms with Gasteiger partial charge in [0.15, 0.2) is 0 Å². The first kappa shape index (κ1) is 13.4. The number of halogens is 2. The van der Waals surface area contributed by atoms with Crippen LogP contribution in [0.2, 0.25) is 0 Å². The molecule has 0 amide bonds. The highest BCUT2D eigenvalue weighted by Crippen LogP contribution is 2.20. The van der Waals surface area contributed by atoms with E-state index in [4.69, 9.17) is 0 Å². The van der Waals surface area contributed by atoms with Crippen molar-refractivity contribution in [3.05, 3.63) is 35.4 Å². The standard InChI is InChI=1S/C14H19F2NO/c15-10-6-7-13(16)12(8-10)14(18)9-17-11-4-2-1-3-5-11/h6-8,11,14,17-18H,1-5,9H2. The first-order valence-electron chi connectivity index (χ1n) is 6.53. The molecule has 0 spiro atoms. The lowest BCUT2D eigenvalue weighted by molar-refractivity contribution is 0.161. The normalized spacial score (nSPS) is 18.8. The van der Waals surface area contributed by atoms with Crippen LogP contribution in [-0.2, 0) is 0 Å². The molecule has 1 aromatic rings. The van der Waals surface area contributed by atoms with E-state index in [0.717, 1.165) is 31.0 Å². The number of nitrogens with one attached hydrogen (secondary N) is 1. The number of aliphatic hydroxyl groups is 1. The number of hydrogen-bond donors (Lipinski definition) is 2. The second-order valence-corrected chi connectivity index (χ2v) is 4.92. The summed E-state index contributed by atoms with van der Waals surface area (Å²) < 4.78 is 26.4. The summed E-state index contributed by atoms with van der Waals surface area (Å²) in [6.07, 6.45) is 4.85. The minimum absolute atomic E-state index is 0.0262. The Kier molecular flexibility index (Phi) is 4.66. The van der Waals surface area contributed by atoms with E-state index in [9.17, 15) is 13.9 Å². The summed E-state index contributed by atoms with van der Waals surface area (Å²) in [5.41, 5.74) is 0.0262. The highest BCUT2D eigenvalue weighted by Gasteiger charge is 2.17. The zero-order chi connectivity index (χ0) is 13.0. The van der Waals surface area contributed by atoms with E-state index in [1.165, 1.54) is 19.3 Å². The van der Waals surface area contributed by atoms with Gasteiger partial charge in [0.2, 0.25) is 0 Å². The maximum atomic E-state index is 13.4. The molecule has 2 N–H and O–H groups in total. The highest BCUT2D eigenvalue weighted by atomic mass is 19.1. The summed E-state index contributed by atoms with van der Waals surface area (Å²) in [5.74, 6) is -1.09. The van der Waals surface area contributed by atoms with Gasteiger partial charge in [-0.2, -0.15) is 0 Å². The third kappa shape index (κ3) is 3.50. The molecule has 0 aliphatic heterocycles. The van der Waals surface area contributed by atoms with Crippen LogP contribution in [0.5, 0.6) is 0 Å². The highest BCUT2D eigenvalue weighted by molar-refractivity contribution is 5.21. The van der Waals surface area contributed by atoms with Gasteiger partial charge in [0.1, 0.15) is 11.6 Å². The number of aliphatic hydroxyl groups excluding tert-OH is 1. The monoisotopic (exact) mass is 255 g/mol. The summed E-state index contributed by atoms with van der Waals surface area (Å²) in [6, 6.07) is 3.56. The van der Waals surface area contributed by atoms with E-state index in [1.54, 1.807) is 0 Å². The SMILES string of the molecule is OC(CNC1CCCCC1)c1cc(F)ccc1F. The fourth-order valence-corrected chi connectivity index (χ4v) is 2.46. The molecule has 100 valence electrons. The Bertz CT molecular complexity index is 391. The van der Waals surface area contributed by atoms with Crippen molar-refractivity contribution in [2.45, 2.75) is 44.2 Å². The fraction of sp³-hybridized carbons (Fsp3) is 0.571. The fourth-order valence-electron chi connectivity index (χ4n) is 2.46. The Hall–Kier alpha value is -1.00. The molecular weight excluding hydrogens is 236 g/mol. The van der Waals surface area contributed by atoms with Gasteiger partial charge in [0, 0.05) is 18.2 Å². The molecule has 0 radical (unpaired) electrons. The van der Waals surface area contributed by atoms with Crippen molar-refractivity contribution in [3.63, 3.8) is 0 Å². The number of hydrogen-bond acceptors (Lipinski definition) is 2. The second kappa shape index (κ2) is 6.25. The Morgan fingerprint density at radius 2 is 1.94 bits per heavy atom. The van der Waals surface area contributed by atoms with Crippen molar-refractivity contribution >= 4 is 0 Å². The van der Waals surface area contributed by atoms with Gasteiger partial charge in [-0.15, -0.1) is 0 Å². The van der Waals surface area contributed by atoms with Gasteiger partial charge in [-0.1, -0.05) is 19.3 Å². The summed E-state index contributed by atoms with van der Waals surface area (Å²) >= 11 is 0. The van der Waals surface area contributed by atoms with Gasteiger partial charge < -0.3 is 10.4 Å². The van der Waals surface area contributed by atoms with E-state index in [0.29, 0.717) is 6.04 Å². The van der Waals surface area contributed by atoms with Crippen LogP contribution in [0.3, 0.4) is 0 Å².